The molecule has 0 aliphatic carbocycles. The first kappa shape index (κ1) is 11.6. The van der Waals surface area contributed by atoms with E-state index in [0.29, 0.717) is 4.88 Å². The van der Waals surface area contributed by atoms with Crippen LogP contribution in [0, 0.1) is 5.92 Å². The standard InChI is InChI=1S/C12H17NO2S/c1-2-9-5-6-13(7-9)8-10-3-4-11(16-10)12(14)15/h3-4,9H,2,5-8H2,1H3,(H,14,15). The molecule has 0 radical (unpaired) electrons. The Labute approximate surface area is 99.7 Å². The third-order valence-corrected chi connectivity index (χ3v) is 4.26. The molecule has 1 saturated heterocycles. The van der Waals surface area contributed by atoms with Crippen molar-refractivity contribution in [1.29, 1.82) is 0 Å². The van der Waals surface area contributed by atoms with Crippen molar-refractivity contribution >= 4 is 17.3 Å². The van der Waals surface area contributed by atoms with E-state index in [1.54, 1.807) is 6.07 Å². The summed E-state index contributed by atoms with van der Waals surface area (Å²) >= 11 is 1.40. The summed E-state index contributed by atoms with van der Waals surface area (Å²) < 4.78 is 0. The van der Waals surface area contributed by atoms with E-state index in [-0.39, 0.29) is 0 Å². The summed E-state index contributed by atoms with van der Waals surface area (Å²) in [5, 5.41) is 8.84. The molecule has 1 aliphatic rings. The number of carbonyl (C=O) groups is 1. The Kier molecular flexibility index (Phi) is 3.61. The molecule has 0 spiro atoms. The molecule has 0 bridgehead atoms. The lowest BCUT2D eigenvalue weighted by Gasteiger charge is -2.13. The van der Waals surface area contributed by atoms with Crippen LogP contribution in [0.5, 0.6) is 0 Å². The SMILES string of the molecule is CCC1CCN(Cc2ccc(C(=O)O)s2)C1. The summed E-state index contributed by atoms with van der Waals surface area (Å²) in [4.78, 5) is 14.8. The van der Waals surface area contributed by atoms with Gasteiger partial charge < -0.3 is 5.11 Å². The Balaban J connectivity index is 1.92. The molecule has 1 atom stereocenters. The van der Waals surface area contributed by atoms with Crippen LogP contribution < -0.4 is 0 Å². The number of carboxylic acid groups (broad SMARTS) is 1. The second-order valence-corrected chi connectivity index (χ2v) is 5.54. The van der Waals surface area contributed by atoms with Gasteiger partial charge in [-0.3, -0.25) is 4.90 Å². The van der Waals surface area contributed by atoms with Crippen LogP contribution in [-0.4, -0.2) is 29.1 Å². The summed E-state index contributed by atoms with van der Waals surface area (Å²) in [5.41, 5.74) is 0. The van der Waals surface area contributed by atoms with Gasteiger partial charge in [-0.05, 0) is 31.0 Å². The first-order valence-electron chi connectivity index (χ1n) is 5.73. The highest BCUT2D eigenvalue weighted by atomic mass is 32.1. The van der Waals surface area contributed by atoms with E-state index < -0.39 is 5.97 Å². The Hall–Kier alpha value is -0.870. The van der Waals surface area contributed by atoms with Gasteiger partial charge in [-0.2, -0.15) is 0 Å². The van der Waals surface area contributed by atoms with Gasteiger partial charge in [0, 0.05) is 18.0 Å². The van der Waals surface area contributed by atoms with Crippen molar-refractivity contribution in [2.75, 3.05) is 13.1 Å². The highest BCUT2D eigenvalue weighted by molar-refractivity contribution is 7.13. The molecule has 1 fully saturated rings. The summed E-state index contributed by atoms with van der Waals surface area (Å²) in [7, 11) is 0. The molecule has 1 unspecified atom stereocenters. The first-order chi connectivity index (χ1) is 7.69. The second kappa shape index (κ2) is 4.97. The van der Waals surface area contributed by atoms with Crippen molar-refractivity contribution in [3.05, 3.63) is 21.9 Å². The van der Waals surface area contributed by atoms with Crippen LogP contribution in [0.15, 0.2) is 12.1 Å². The lowest BCUT2D eigenvalue weighted by atomic mass is 10.1. The molecule has 3 nitrogen and oxygen atoms in total. The number of hydrogen-bond donors (Lipinski definition) is 1. The number of thiophene rings is 1. The van der Waals surface area contributed by atoms with E-state index in [4.69, 9.17) is 5.11 Å². The van der Waals surface area contributed by atoms with E-state index in [9.17, 15) is 4.79 Å². The van der Waals surface area contributed by atoms with Crippen LogP contribution >= 0.6 is 11.3 Å². The Bertz CT molecular complexity index is 375. The van der Waals surface area contributed by atoms with E-state index in [2.05, 4.69) is 11.8 Å². The molecule has 0 amide bonds. The Morgan fingerprint density at radius 2 is 2.44 bits per heavy atom. The van der Waals surface area contributed by atoms with E-state index in [1.165, 1.54) is 24.2 Å². The first-order valence-corrected chi connectivity index (χ1v) is 6.55. The van der Waals surface area contributed by atoms with Crippen LogP contribution in [0.2, 0.25) is 0 Å². The largest absolute Gasteiger partial charge is 0.477 e. The average molecular weight is 239 g/mol. The number of likely N-dealkylation sites (tertiary alicyclic amines) is 1. The number of nitrogens with zero attached hydrogens (tertiary/aromatic N) is 1. The zero-order valence-corrected chi connectivity index (χ0v) is 10.3. The lowest BCUT2D eigenvalue weighted by molar-refractivity contribution is 0.0702. The van der Waals surface area contributed by atoms with Crippen LogP contribution in [0.3, 0.4) is 0 Å². The second-order valence-electron chi connectivity index (χ2n) is 4.37. The lowest BCUT2D eigenvalue weighted by Crippen LogP contribution is -2.19. The average Bonchev–Trinajstić information content (AvgIpc) is 2.87. The van der Waals surface area contributed by atoms with Gasteiger partial charge in [0.05, 0.1) is 0 Å². The summed E-state index contributed by atoms with van der Waals surface area (Å²) in [5.74, 6) is 0.0167. The zero-order chi connectivity index (χ0) is 11.5. The zero-order valence-electron chi connectivity index (χ0n) is 9.48. The number of hydrogen-bond acceptors (Lipinski definition) is 3. The number of rotatable bonds is 4. The molecular weight excluding hydrogens is 222 g/mol. The molecule has 1 aromatic heterocycles. The van der Waals surface area contributed by atoms with Crippen molar-refractivity contribution in [1.82, 2.24) is 4.90 Å². The quantitative estimate of drug-likeness (QED) is 0.878. The third kappa shape index (κ3) is 2.62. The van der Waals surface area contributed by atoms with Gasteiger partial charge in [-0.25, -0.2) is 4.79 Å². The third-order valence-electron chi connectivity index (χ3n) is 3.20. The minimum atomic E-state index is -0.816. The highest BCUT2D eigenvalue weighted by Crippen LogP contribution is 2.24. The van der Waals surface area contributed by atoms with Crippen molar-refractivity contribution < 1.29 is 9.90 Å². The molecule has 16 heavy (non-hydrogen) atoms. The Morgan fingerprint density at radius 3 is 3.00 bits per heavy atom. The molecular formula is C12H17NO2S. The van der Waals surface area contributed by atoms with Crippen molar-refractivity contribution in [2.45, 2.75) is 26.3 Å². The summed E-state index contributed by atoms with van der Waals surface area (Å²) in [6.45, 7) is 5.46. The number of aromatic carboxylic acids is 1. The van der Waals surface area contributed by atoms with Gasteiger partial charge in [0.15, 0.2) is 0 Å². The maximum absolute atomic E-state index is 10.7. The minimum Gasteiger partial charge on any atom is -0.477 e. The molecule has 0 aromatic carbocycles. The van der Waals surface area contributed by atoms with Crippen molar-refractivity contribution in [3.8, 4) is 0 Å². The minimum absolute atomic E-state index is 0.446. The number of carboxylic acids is 1. The van der Waals surface area contributed by atoms with Crippen LogP contribution in [-0.2, 0) is 6.54 Å². The summed E-state index contributed by atoms with van der Waals surface area (Å²) in [6.07, 6.45) is 2.54. The predicted molar refractivity (Wildman–Crippen MR) is 65.0 cm³/mol. The van der Waals surface area contributed by atoms with Crippen molar-refractivity contribution in [3.63, 3.8) is 0 Å². The van der Waals surface area contributed by atoms with Gasteiger partial charge in [-0.15, -0.1) is 11.3 Å². The molecule has 1 aliphatic heterocycles. The van der Waals surface area contributed by atoms with Gasteiger partial charge in [0.25, 0.3) is 0 Å². The van der Waals surface area contributed by atoms with Gasteiger partial charge in [0.2, 0.25) is 0 Å². The van der Waals surface area contributed by atoms with Gasteiger partial charge in [-0.1, -0.05) is 13.3 Å². The van der Waals surface area contributed by atoms with E-state index in [0.717, 1.165) is 30.4 Å². The monoisotopic (exact) mass is 239 g/mol. The van der Waals surface area contributed by atoms with Crippen molar-refractivity contribution in [2.24, 2.45) is 5.92 Å². The van der Waals surface area contributed by atoms with Crippen LogP contribution in [0.25, 0.3) is 0 Å². The molecule has 88 valence electrons. The topological polar surface area (TPSA) is 40.5 Å². The molecule has 1 N–H and O–H groups in total. The predicted octanol–water partition coefficient (Wildman–Crippen LogP) is 2.68. The van der Waals surface area contributed by atoms with Crippen LogP contribution in [0.4, 0.5) is 0 Å². The van der Waals surface area contributed by atoms with E-state index >= 15 is 0 Å². The molecule has 2 heterocycles. The smallest absolute Gasteiger partial charge is 0.345 e. The fraction of sp³-hybridized carbons (Fsp3) is 0.583. The highest BCUT2D eigenvalue weighted by Gasteiger charge is 2.21. The van der Waals surface area contributed by atoms with E-state index in [1.807, 2.05) is 6.07 Å². The fourth-order valence-electron chi connectivity index (χ4n) is 2.19. The Morgan fingerprint density at radius 1 is 1.62 bits per heavy atom. The fourth-order valence-corrected chi connectivity index (χ4v) is 3.08. The van der Waals surface area contributed by atoms with Crippen LogP contribution in [0.1, 0.15) is 34.3 Å². The molecule has 4 heteroatoms. The molecule has 0 saturated carbocycles. The maximum Gasteiger partial charge on any atom is 0.345 e. The maximum atomic E-state index is 10.7. The van der Waals surface area contributed by atoms with Gasteiger partial charge >= 0.3 is 5.97 Å². The summed E-state index contributed by atoms with van der Waals surface area (Å²) in [6, 6.07) is 3.64. The van der Waals surface area contributed by atoms with Gasteiger partial charge in [0.1, 0.15) is 4.88 Å². The molecule has 2 rings (SSSR count). The molecule has 1 aromatic rings. The normalized spacial score (nSPS) is 21.4.